The number of rotatable bonds is 2. The number of aryl methyl sites for hydroxylation is 1. The summed E-state index contributed by atoms with van der Waals surface area (Å²) < 4.78 is 0. The molecule has 6 nitrogen and oxygen atoms in total. The zero-order valence-corrected chi connectivity index (χ0v) is 18.3. The molecule has 3 aliphatic rings. The molecule has 2 atom stereocenters. The van der Waals surface area contributed by atoms with Crippen molar-refractivity contribution < 1.29 is 4.79 Å². The van der Waals surface area contributed by atoms with Crippen LogP contribution in [0, 0.1) is 6.92 Å². The topological polar surface area (TPSA) is 52.6 Å². The SMILES string of the molecule is Cc1ccc(N2C3CCC2CN(C(=O)N2CC(=Cc4cccc5ncccc45)C2)C3)nc1. The van der Waals surface area contributed by atoms with E-state index in [1.807, 2.05) is 35.5 Å². The van der Waals surface area contributed by atoms with Crippen LogP contribution >= 0.6 is 0 Å². The summed E-state index contributed by atoms with van der Waals surface area (Å²) in [7, 11) is 0. The van der Waals surface area contributed by atoms with E-state index < -0.39 is 0 Å². The average molecular weight is 426 g/mol. The Kier molecular flexibility index (Phi) is 4.59. The van der Waals surface area contributed by atoms with Crippen LogP contribution < -0.4 is 4.90 Å². The fourth-order valence-electron chi connectivity index (χ4n) is 5.39. The molecule has 0 N–H and O–H groups in total. The summed E-state index contributed by atoms with van der Waals surface area (Å²) in [4.78, 5) is 28.7. The molecule has 3 fully saturated rings. The van der Waals surface area contributed by atoms with Crippen molar-refractivity contribution in [2.75, 3.05) is 31.1 Å². The van der Waals surface area contributed by atoms with Crippen molar-refractivity contribution in [1.29, 1.82) is 0 Å². The number of nitrogens with zero attached hydrogens (tertiary/aromatic N) is 5. The summed E-state index contributed by atoms with van der Waals surface area (Å²) in [6, 6.07) is 15.4. The largest absolute Gasteiger partial charge is 0.347 e. The minimum absolute atomic E-state index is 0.176. The second kappa shape index (κ2) is 7.62. The first-order valence-corrected chi connectivity index (χ1v) is 11.4. The van der Waals surface area contributed by atoms with Gasteiger partial charge in [-0.2, -0.15) is 0 Å². The number of amides is 2. The van der Waals surface area contributed by atoms with Gasteiger partial charge in [-0.05, 0) is 54.7 Å². The Hall–Kier alpha value is -3.41. The molecule has 2 amide bonds. The predicted octanol–water partition coefficient (Wildman–Crippen LogP) is 4.11. The summed E-state index contributed by atoms with van der Waals surface area (Å²) in [5.74, 6) is 1.05. The number of hydrogen-bond donors (Lipinski definition) is 0. The summed E-state index contributed by atoms with van der Waals surface area (Å²) in [6.45, 7) is 5.06. The molecular weight excluding hydrogens is 398 g/mol. The number of hydrogen-bond acceptors (Lipinski definition) is 4. The average Bonchev–Trinajstić information content (AvgIpc) is 3.05. The Morgan fingerprint density at radius 2 is 1.78 bits per heavy atom. The third kappa shape index (κ3) is 3.30. The van der Waals surface area contributed by atoms with Gasteiger partial charge in [-0.25, -0.2) is 9.78 Å². The van der Waals surface area contributed by atoms with Crippen molar-refractivity contribution in [3.8, 4) is 0 Å². The van der Waals surface area contributed by atoms with Gasteiger partial charge in [0, 0.05) is 56.0 Å². The van der Waals surface area contributed by atoms with Crippen LogP contribution in [-0.4, -0.2) is 64.1 Å². The van der Waals surface area contributed by atoms with Gasteiger partial charge in [0.05, 0.1) is 5.52 Å². The highest BCUT2D eigenvalue weighted by atomic mass is 16.2. The standard InChI is InChI=1S/C26H27N5O/c1-18-7-10-25(28-13-18)31-21-8-9-22(31)17-30(16-21)26(32)29-14-19(15-29)12-20-4-2-6-24-23(20)5-3-11-27-24/h2-7,10-13,21-22H,8-9,14-17H2,1H3. The molecule has 2 aromatic heterocycles. The number of aromatic nitrogens is 2. The molecule has 0 aliphatic carbocycles. The molecule has 162 valence electrons. The van der Waals surface area contributed by atoms with Crippen molar-refractivity contribution in [3.05, 3.63) is 71.6 Å². The van der Waals surface area contributed by atoms with Gasteiger partial charge in [0.2, 0.25) is 0 Å². The van der Waals surface area contributed by atoms with Gasteiger partial charge in [-0.15, -0.1) is 0 Å². The zero-order chi connectivity index (χ0) is 21.7. The maximum atomic E-state index is 13.2. The number of carbonyl (C=O) groups excluding carboxylic acids is 1. The molecule has 5 heterocycles. The van der Waals surface area contributed by atoms with Crippen LogP contribution in [0.5, 0.6) is 0 Å². The molecule has 3 aromatic rings. The highest BCUT2D eigenvalue weighted by molar-refractivity contribution is 5.89. The van der Waals surface area contributed by atoms with Gasteiger partial charge in [0.15, 0.2) is 0 Å². The highest BCUT2D eigenvalue weighted by Gasteiger charge is 2.43. The molecule has 6 rings (SSSR count). The van der Waals surface area contributed by atoms with E-state index in [4.69, 9.17) is 0 Å². The number of benzene rings is 1. The lowest BCUT2D eigenvalue weighted by atomic mass is 10.0. The normalized spacial score (nSPS) is 22.3. The van der Waals surface area contributed by atoms with Crippen molar-refractivity contribution in [3.63, 3.8) is 0 Å². The van der Waals surface area contributed by atoms with E-state index in [2.05, 4.69) is 57.0 Å². The van der Waals surface area contributed by atoms with Gasteiger partial charge in [0.25, 0.3) is 0 Å². The van der Waals surface area contributed by atoms with Crippen molar-refractivity contribution >= 4 is 28.8 Å². The maximum absolute atomic E-state index is 13.2. The maximum Gasteiger partial charge on any atom is 0.320 e. The first kappa shape index (κ1) is 19.3. The fraction of sp³-hybridized carbons (Fsp3) is 0.346. The smallest absolute Gasteiger partial charge is 0.320 e. The van der Waals surface area contributed by atoms with Crippen LogP contribution in [0.25, 0.3) is 17.0 Å². The Morgan fingerprint density at radius 3 is 2.53 bits per heavy atom. The molecule has 0 spiro atoms. The van der Waals surface area contributed by atoms with Crippen LogP contribution in [0.4, 0.5) is 10.6 Å². The predicted molar refractivity (Wildman–Crippen MR) is 127 cm³/mol. The van der Waals surface area contributed by atoms with E-state index in [9.17, 15) is 4.79 Å². The fourth-order valence-corrected chi connectivity index (χ4v) is 5.39. The molecule has 2 unspecified atom stereocenters. The van der Waals surface area contributed by atoms with Crippen molar-refractivity contribution in [1.82, 2.24) is 19.8 Å². The number of likely N-dealkylation sites (tertiary alicyclic amines) is 2. The van der Waals surface area contributed by atoms with E-state index in [1.54, 1.807) is 0 Å². The molecule has 6 heteroatoms. The van der Waals surface area contributed by atoms with E-state index >= 15 is 0 Å². The Morgan fingerprint density at radius 1 is 0.969 bits per heavy atom. The summed E-state index contributed by atoms with van der Waals surface area (Å²) in [5.41, 5.74) is 4.65. The van der Waals surface area contributed by atoms with Crippen LogP contribution in [-0.2, 0) is 0 Å². The summed E-state index contributed by atoms with van der Waals surface area (Å²) in [5, 5.41) is 1.16. The van der Waals surface area contributed by atoms with E-state index in [-0.39, 0.29) is 6.03 Å². The minimum Gasteiger partial charge on any atom is -0.347 e. The van der Waals surface area contributed by atoms with Gasteiger partial charge < -0.3 is 14.7 Å². The minimum atomic E-state index is 0.176. The van der Waals surface area contributed by atoms with Crippen molar-refractivity contribution in [2.45, 2.75) is 31.8 Å². The summed E-state index contributed by atoms with van der Waals surface area (Å²) >= 11 is 0. The molecule has 1 aromatic carbocycles. The van der Waals surface area contributed by atoms with Crippen LogP contribution in [0.2, 0.25) is 0 Å². The monoisotopic (exact) mass is 425 g/mol. The Balaban J connectivity index is 1.12. The van der Waals surface area contributed by atoms with Crippen LogP contribution in [0.1, 0.15) is 24.0 Å². The number of piperazine rings is 1. The van der Waals surface area contributed by atoms with Gasteiger partial charge in [-0.1, -0.05) is 30.3 Å². The van der Waals surface area contributed by atoms with E-state index in [0.29, 0.717) is 25.2 Å². The zero-order valence-electron chi connectivity index (χ0n) is 18.3. The molecule has 0 saturated carbocycles. The lowest BCUT2D eigenvalue weighted by Gasteiger charge is -2.45. The Bertz CT molecular complexity index is 1180. The molecule has 3 saturated heterocycles. The molecule has 2 bridgehead atoms. The first-order valence-electron chi connectivity index (χ1n) is 11.4. The summed E-state index contributed by atoms with van der Waals surface area (Å²) in [6.07, 6.45) is 8.24. The number of urea groups is 1. The lowest BCUT2D eigenvalue weighted by Crippen LogP contribution is -2.60. The number of pyridine rings is 2. The van der Waals surface area contributed by atoms with Gasteiger partial charge >= 0.3 is 6.03 Å². The number of carbonyl (C=O) groups is 1. The van der Waals surface area contributed by atoms with Gasteiger partial charge in [0.1, 0.15) is 5.82 Å². The third-order valence-electron chi connectivity index (χ3n) is 7.01. The molecular formula is C26H27N5O. The second-order valence-corrected chi connectivity index (χ2v) is 9.25. The van der Waals surface area contributed by atoms with Gasteiger partial charge in [-0.3, -0.25) is 4.98 Å². The van der Waals surface area contributed by atoms with Crippen LogP contribution in [0.15, 0.2) is 60.4 Å². The second-order valence-electron chi connectivity index (χ2n) is 9.25. The molecule has 32 heavy (non-hydrogen) atoms. The van der Waals surface area contributed by atoms with Crippen molar-refractivity contribution in [2.24, 2.45) is 0 Å². The molecule has 0 radical (unpaired) electrons. The first-order chi connectivity index (χ1) is 15.7. The lowest BCUT2D eigenvalue weighted by molar-refractivity contribution is 0.135. The van der Waals surface area contributed by atoms with Crippen LogP contribution in [0.3, 0.4) is 0 Å². The third-order valence-corrected chi connectivity index (χ3v) is 7.01. The van der Waals surface area contributed by atoms with E-state index in [1.165, 1.54) is 16.7 Å². The number of anilines is 1. The molecule has 3 aliphatic heterocycles. The highest BCUT2D eigenvalue weighted by Crippen LogP contribution is 2.35. The quantitative estimate of drug-likeness (QED) is 0.620. The number of fused-ring (bicyclic) bond motifs is 3. The van der Waals surface area contributed by atoms with E-state index in [0.717, 1.165) is 42.7 Å². The Labute approximate surface area is 188 Å².